The SMILES string of the molecule is CCc1cc(C(N)Cc2cc(C)ccc2C)n(CC)n1. The molecule has 0 radical (unpaired) electrons. The van der Waals surface area contributed by atoms with Crippen molar-refractivity contribution in [3.05, 3.63) is 52.3 Å². The Kier molecular flexibility index (Phi) is 4.61. The van der Waals surface area contributed by atoms with E-state index in [-0.39, 0.29) is 6.04 Å². The first-order valence-corrected chi connectivity index (χ1v) is 7.43. The van der Waals surface area contributed by atoms with E-state index < -0.39 is 0 Å². The lowest BCUT2D eigenvalue weighted by Gasteiger charge is -2.15. The number of benzene rings is 1. The van der Waals surface area contributed by atoms with Crippen molar-refractivity contribution in [2.45, 2.75) is 53.1 Å². The molecule has 0 spiro atoms. The van der Waals surface area contributed by atoms with Crippen molar-refractivity contribution >= 4 is 0 Å². The van der Waals surface area contributed by atoms with Crippen molar-refractivity contribution in [3.8, 4) is 0 Å². The van der Waals surface area contributed by atoms with Crippen LogP contribution >= 0.6 is 0 Å². The summed E-state index contributed by atoms with van der Waals surface area (Å²) in [6.07, 6.45) is 1.82. The molecule has 0 bridgehead atoms. The number of rotatable bonds is 5. The highest BCUT2D eigenvalue weighted by Crippen LogP contribution is 2.21. The van der Waals surface area contributed by atoms with Crippen LogP contribution in [0, 0.1) is 13.8 Å². The van der Waals surface area contributed by atoms with Crippen molar-refractivity contribution in [2.75, 3.05) is 0 Å². The van der Waals surface area contributed by atoms with Crippen molar-refractivity contribution in [1.82, 2.24) is 9.78 Å². The number of hydrogen-bond donors (Lipinski definition) is 1. The molecule has 2 rings (SSSR count). The third-order valence-corrected chi connectivity index (χ3v) is 3.85. The van der Waals surface area contributed by atoms with E-state index in [2.05, 4.69) is 57.1 Å². The predicted molar refractivity (Wildman–Crippen MR) is 83.8 cm³/mol. The van der Waals surface area contributed by atoms with Crippen LogP contribution in [0.3, 0.4) is 0 Å². The zero-order valence-corrected chi connectivity index (χ0v) is 13.0. The van der Waals surface area contributed by atoms with E-state index in [1.165, 1.54) is 16.7 Å². The molecule has 3 nitrogen and oxygen atoms in total. The summed E-state index contributed by atoms with van der Waals surface area (Å²) in [4.78, 5) is 0. The number of hydrogen-bond acceptors (Lipinski definition) is 2. The van der Waals surface area contributed by atoms with Crippen molar-refractivity contribution in [1.29, 1.82) is 0 Å². The Balaban J connectivity index is 2.25. The van der Waals surface area contributed by atoms with Gasteiger partial charge in [-0.15, -0.1) is 0 Å². The zero-order chi connectivity index (χ0) is 14.7. The maximum Gasteiger partial charge on any atom is 0.0625 e. The highest BCUT2D eigenvalue weighted by atomic mass is 15.3. The standard InChI is InChI=1S/C17H25N3/c1-5-15-11-17(20(6-2)19-15)16(18)10-14-9-12(3)7-8-13(14)4/h7-9,11,16H,5-6,10,18H2,1-4H3. The van der Waals surface area contributed by atoms with Gasteiger partial charge in [-0.1, -0.05) is 30.7 Å². The first kappa shape index (κ1) is 14.8. The smallest absolute Gasteiger partial charge is 0.0625 e. The van der Waals surface area contributed by atoms with Crippen LogP contribution in [-0.2, 0) is 19.4 Å². The van der Waals surface area contributed by atoms with Gasteiger partial charge in [0.15, 0.2) is 0 Å². The van der Waals surface area contributed by atoms with E-state index in [4.69, 9.17) is 5.73 Å². The van der Waals surface area contributed by atoms with Crippen LogP contribution in [-0.4, -0.2) is 9.78 Å². The monoisotopic (exact) mass is 271 g/mol. The Labute approximate surface area is 121 Å². The molecule has 20 heavy (non-hydrogen) atoms. The normalized spacial score (nSPS) is 12.7. The zero-order valence-electron chi connectivity index (χ0n) is 13.0. The summed E-state index contributed by atoms with van der Waals surface area (Å²) in [6, 6.07) is 8.72. The summed E-state index contributed by atoms with van der Waals surface area (Å²) in [5, 5.41) is 4.59. The molecular formula is C17H25N3. The predicted octanol–water partition coefficient (Wildman–Crippen LogP) is 3.32. The molecule has 1 aromatic carbocycles. The maximum atomic E-state index is 6.43. The number of aromatic nitrogens is 2. The Hall–Kier alpha value is -1.61. The molecule has 2 aromatic rings. The second-order valence-electron chi connectivity index (χ2n) is 5.47. The van der Waals surface area contributed by atoms with Gasteiger partial charge in [0.05, 0.1) is 17.4 Å². The topological polar surface area (TPSA) is 43.8 Å². The molecule has 1 heterocycles. The molecule has 0 saturated carbocycles. The summed E-state index contributed by atoms with van der Waals surface area (Å²) in [5.74, 6) is 0. The number of aryl methyl sites for hydroxylation is 4. The lowest BCUT2D eigenvalue weighted by atomic mass is 9.97. The molecule has 1 aromatic heterocycles. The summed E-state index contributed by atoms with van der Waals surface area (Å²) in [5.41, 5.74) is 12.6. The molecule has 3 heteroatoms. The average Bonchev–Trinajstić information content (AvgIpc) is 2.86. The Morgan fingerprint density at radius 3 is 2.60 bits per heavy atom. The summed E-state index contributed by atoms with van der Waals surface area (Å²) in [7, 11) is 0. The van der Waals surface area contributed by atoms with Gasteiger partial charge in [0.1, 0.15) is 0 Å². The van der Waals surface area contributed by atoms with E-state index in [0.29, 0.717) is 0 Å². The second kappa shape index (κ2) is 6.23. The maximum absolute atomic E-state index is 6.43. The van der Waals surface area contributed by atoms with Crippen LogP contribution in [0.15, 0.2) is 24.3 Å². The highest BCUT2D eigenvalue weighted by molar-refractivity contribution is 5.32. The molecule has 0 aliphatic heterocycles. The van der Waals surface area contributed by atoms with Crippen LogP contribution in [0.1, 0.15) is 48.0 Å². The molecule has 0 aliphatic carbocycles. The Morgan fingerprint density at radius 2 is 1.95 bits per heavy atom. The van der Waals surface area contributed by atoms with Crippen molar-refractivity contribution in [3.63, 3.8) is 0 Å². The molecule has 1 unspecified atom stereocenters. The van der Waals surface area contributed by atoms with Gasteiger partial charge in [0.25, 0.3) is 0 Å². The second-order valence-corrected chi connectivity index (χ2v) is 5.47. The number of nitrogens with zero attached hydrogens (tertiary/aromatic N) is 2. The van der Waals surface area contributed by atoms with Gasteiger partial charge in [0.2, 0.25) is 0 Å². The third-order valence-electron chi connectivity index (χ3n) is 3.85. The van der Waals surface area contributed by atoms with Gasteiger partial charge < -0.3 is 5.73 Å². The molecule has 2 N–H and O–H groups in total. The minimum atomic E-state index is 0.00301. The van der Waals surface area contributed by atoms with E-state index in [1.807, 2.05) is 4.68 Å². The average molecular weight is 271 g/mol. The van der Waals surface area contributed by atoms with E-state index >= 15 is 0 Å². The van der Waals surface area contributed by atoms with Crippen molar-refractivity contribution < 1.29 is 0 Å². The molecule has 0 fully saturated rings. The summed E-state index contributed by atoms with van der Waals surface area (Å²) >= 11 is 0. The lowest BCUT2D eigenvalue weighted by molar-refractivity contribution is 0.564. The Morgan fingerprint density at radius 1 is 1.20 bits per heavy atom. The first-order valence-electron chi connectivity index (χ1n) is 7.43. The third kappa shape index (κ3) is 3.10. The van der Waals surface area contributed by atoms with Gasteiger partial charge in [0, 0.05) is 6.54 Å². The van der Waals surface area contributed by atoms with Crippen molar-refractivity contribution in [2.24, 2.45) is 5.73 Å². The fraction of sp³-hybridized carbons (Fsp3) is 0.471. The molecule has 108 valence electrons. The summed E-state index contributed by atoms with van der Waals surface area (Å²) in [6.45, 7) is 9.38. The highest BCUT2D eigenvalue weighted by Gasteiger charge is 2.15. The number of nitrogens with two attached hydrogens (primary N) is 1. The van der Waals surface area contributed by atoms with Gasteiger partial charge in [-0.3, -0.25) is 4.68 Å². The minimum Gasteiger partial charge on any atom is -0.322 e. The Bertz CT molecular complexity index is 584. The largest absolute Gasteiger partial charge is 0.322 e. The van der Waals surface area contributed by atoms with Crippen LogP contribution in [0.4, 0.5) is 0 Å². The van der Waals surface area contributed by atoms with Crippen LogP contribution in [0.5, 0.6) is 0 Å². The van der Waals surface area contributed by atoms with Gasteiger partial charge >= 0.3 is 0 Å². The van der Waals surface area contributed by atoms with E-state index in [9.17, 15) is 0 Å². The first-order chi connectivity index (χ1) is 9.55. The lowest BCUT2D eigenvalue weighted by Crippen LogP contribution is -2.18. The molecule has 0 amide bonds. The fourth-order valence-corrected chi connectivity index (χ4v) is 2.57. The fourth-order valence-electron chi connectivity index (χ4n) is 2.57. The van der Waals surface area contributed by atoms with Gasteiger partial charge in [-0.2, -0.15) is 5.10 Å². The minimum absolute atomic E-state index is 0.00301. The molecular weight excluding hydrogens is 246 g/mol. The van der Waals surface area contributed by atoms with E-state index in [0.717, 1.165) is 30.8 Å². The molecule has 0 aliphatic rings. The van der Waals surface area contributed by atoms with Gasteiger partial charge in [-0.25, -0.2) is 0 Å². The molecule has 0 saturated heterocycles. The van der Waals surface area contributed by atoms with Crippen LogP contribution in [0.2, 0.25) is 0 Å². The molecule has 1 atom stereocenters. The van der Waals surface area contributed by atoms with Crippen LogP contribution in [0.25, 0.3) is 0 Å². The van der Waals surface area contributed by atoms with Gasteiger partial charge in [-0.05, 0) is 50.8 Å². The quantitative estimate of drug-likeness (QED) is 0.906. The summed E-state index contributed by atoms with van der Waals surface area (Å²) < 4.78 is 2.04. The van der Waals surface area contributed by atoms with E-state index in [1.54, 1.807) is 0 Å². The van der Waals surface area contributed by atoms with Crippen LogP contribution < -0.4 is 5.73 Å².